The molecule has 8 nitrogen and oxygen atoms in total. The topological polar surface area (TPSA) is 120 Å². The van der Waals surface area contributed by atoms with Crippen LogP contribution < -0.4 is 16.4 Å². The first-order valence-electron chi connectivity index (χ1n) is 9.19. The second-order valence-electron chi connectivity index (χ2n) is 7.24. The van der Waals surface area contributed by atoms with E-state index in [4.69, 9.17) is 10.7 Å². The number of nitrogens with zero attached hydrogens (tertiary/aromatic N) is 3. The van der Waals surface area contributed by atoms with Crippen LogP contribution in [-0.2, 0) is 5.66 Å². The van der Waals surface area contributed by atoms with Crippen molar-refractivity contribution < 1.29 is 0 Å². The lowest BCUT2D eigenvalue weighted by Crippen LogP contribution is -2.57. The molecular weight excluding hydrogens is 340 g/mol. The van der Waals surface area contributed by atoms with Gasteiger partial charge in [-0.3, -0.25) is 10.1 Å². The molecule has 3 aromatic heterocycles. The molecule has 27 heavy (non-hydrogen) atoms. The highest BCUT2D eigenvalue weighted by molar-refractivity contribution is 5.85. The molecule has 1 saturated carbocycles. The maximum Gasteiger partial charge on any atom is 0.197 e. The number of aromatic amines is 2. The molecule has 8 heteroatoms. The second kappa shape index (κ2) is 5.95. The Labute approximate surface area is 156 Å². The Morgan fingerprint density at radius 3 is 3.07 bits per heavy atom. The predicted molar refractivity (Wildman–Crippen MR) is 104 cm³/mol. The van der Waals surface area contributed by atoms with Crippen molar-refractivity contribution in [2.45, 2.75) is 37.4 Å². The zero-order valence-electron chi connectivity index (χ0n) is 15.0. The van der Waals surface area contributed by atoms with Gasteiger partial charge in [0, 0.05) is 41.1 Å². The van der Waals surface area contributed by atoms with Crippen molar-refractivity contribution >= 4 is 16.9 Å². The highest BCUT2D eigenvalue weighted by atomic mass is 15.3. The number of hydrogen-bond donors (Lipinski definition) is 5. The van der Waals surface area contributed by atoms with E-state index in [-0.39, 0.29) is 6.04 Å². The number of H-pyrrole nitrogens is 2. The number of nitrogens with two attached hydrogens (primary N) is 1. The Hall–Kier alpha value is -3.13. The maximum absolute atomic E-state index is 6.57. The molecule has 0 aromatic carbocycles. The first-order valence-corrected chi connectivity index (χ1v) is 9.19. The molecule has 0 saturated heterocycles. The molecule has 2 atom stereocenters. The molecule has 2 aliphatic rings. The third-order valence-electron chi connectivity index (χ3n) is 5.16. The molecule has 1 aliphatic heterocycles. The van der Waals surface area contributed by atoms with Crippen molar-refractivity contribution in [3.05, 3.63) is 60.0 Å². The quantitative estimate of drug-likeness (QED) is 0.487. The number of guanidine groups is 1. The second-order valence-corrected chi connectivity index (χ2v) is 7.24. The van der Waals surface area contributed by atoms with Gasteiger partial charge >= 0.3 is 0 Å². The normalized spacial score (nSPS) is 24.7. The van der Waals surface area contributed by atoms with Crippen LogP contribution in [0.3, 0.4) is 0 Å². The van der Waals surface area contributed by atoms with Gasteiger partial charge in [-0.25, -0.2) is 4.99 Å². The van der Waals surface area contributed by atoms with E-state index in [0.717, 1.165) is 28.0 Å². The minimum atomic E-state index is -0.902. The number of aromatic nitrogens is 4. The number of pyridine rings is 1. The van der Waals surface area contributed by atoms with Gasteiger partial charge in [0.05, 0.1) is 11.7 Å². The Morgan fingerprint density at radius 1 is 1.33 bits per heavy atom. The summed E-state index contributed by atoms with van der Waals surface area (Å²) in [5, 5.41) is 15.0. The largest absolute Gasteiger partial charge is 0.361 e. The number of nitrogens with one attached hydrogen (secondary N) is 4. The average Bonchev–Trinajstić information content (AvgIpc) is 3.19. The molecule has 0 radical (unpaired) electrons. The van der Waals surface area contributed by atoms with Crippen LogP contribution >= 0.6 is 0 Å². The highest BCUT2D eigenvalue weighted by Gasteiger charge is 2.33. The first kappa shape index (κ1) is 16.1. The summed E-state index contributed by atoms with van der Waals surface area (Å²) in [5.41, 5.74) is 9.54. The zero-order valence-corrected chi connectivity index (χ0v) is 15.0. The van der Waals surface area contributed by atoms with Crippen molar-refractivity contribution in [1.82, 2.24) is 30.8 Å². The summed E-state index contributed by atoms with van der Waals surface area (Å²) in [7, 11) is 0. The van der Waals surface area contributed by atoms with E-state index in [1.807, 2.05) is 37.4 Å². The van der Waals surface area contributed by atoms with Crippen LogP contribution in [0.2, 0.25) is 0 Å². The third kappa shape index (κ3) is 2.87. The smallest absolute Gasteiger partial charge is 0.197 e. The summed E-state index contributed by atoms with van der Waals surface area (Å²) in [5.74, 6) is 1.19. The molecule has 0 spiro atoms. The van der Waals surface area contributed by atoms with E-state index < -0.39 is 5.66 Å². The molecule has 1 fully saturated rings. The zero-order chi connectivity index (χ0) is 18.4. The Bertz CT molecular complexity index is 1040. The van der Waals surface area contributed by atoms with Crippen LogP contribution in [0.1, 0.15) is 48.8 Å². The van der Waals surface area contributed by atoms with Gasteiger partial charge in [0.1, 0.15) is 5.69 Å². The lowest BCUT2D eigenvalue weighted by Gasteiger charge is -2.31. The van der Waals surface area contributed by atoms with Crippen LogP contribution in [0.25, 0.3) is 10.9 Å². The van der Waals surface area contributed by atoms with Gasteiger partial charge in [-0.05, 0) is 44.0 Å². The lowest BCUT2D eigenvalue weighted by atomic mass is 10.1. The lowest BCUT2D eigenvalue weighted by molar-refractivity contribution is 0.482. The maximum atomic E-state index is 6.57. The van der Waals surface area contributed by atoms with Gasteiger partial charge in [0.15, 0.2) is 11.6 Å². The van der Waals surface area contributed by atoms with Gasteiger partial charge in [-0.15, -0.1) is 0 Å². The number of hydrogen-bond acceptors (Lipinski definition) is 4. The van der Waals surface area contributed by atoms with Crippen LogP contribution in [0.4, 0.5) is 0 Å². The summed E-state index contributed by atoms with van der Waals surface area (Å²) < 4.78 is 0. The van der Waals surface area contributed by atoms with Crippen molar-refractivity contribution in [2.24, 2.45) is 10.7 Å². The molecule has 1 aliphatic carbocycles. The first-order chi connectivity index (χ1) is 13.1. The molecule has 3 aromatic rings. The van der Waals surface area contributed by atoms with Crippen molar-refractivity contribution in [2.75, 3.05) is 0 Å². The SMILES string of the molecule is CC(N=C1NC=CC(N)(c2cc(C3CC3)[nH]n2)N1)c1nccc2[nH]ccc12. The minimum Gasteiger partial charge on any atom is -0.361 e. The van der Waals surface area contributed by atoms with E-state index in [9.17, 15) is 0 Å². The monoisotopic (exact) mass is 362 g/mol. The third-order valence-corrected chi connectivity index (χ3v) is 5.16. The Morgan fingerprint density at radius 2 is 2.22 bits per heavy atom. The fraction of sp³-hybridized carbons (Fsp3) is 0.316. The summed E-state index contributed by atoms with van der Waals surface area (Å²) in [4.78, 5) is 12.5. The summed E-state index contributed by atoms with van der Waals surface area (Å²) in [6, 6.07) is 5.88. The number of aliphatic imine (C=N–C) groups is 1. The van der Waals surface area contributed by atoms with E-state index >= 15 is 0 Å². The Balaban J connectivity index is 1.42. The molecule has 2 unspecified atom stereocenters. The summed E-state index contributed by atoms with van der Waals surface area (Å²) >= 11 is 0. The molecule has 0 bridgehead atoms. The van der Waals surface area contributed by atoms with Crippen molar-refractivity contribution in [3.63, 3.8) is 0 Å². The molecular formula is C19H22N8. The van der Waals surface area contributed by atoms with Gasteiger partial charge in [0.25, 0.3) is 0 Å². The molecule has 5 rings (SSSR count). The van der Waals surface area contributed by atoms with E-state index in [1.54, 1.807) is 12.4 Å². The summed E-state index contributed by atoms with van der Waals surface area (Å²) in [6.07, 6.45) is 9.79. The predicted octanol–water partition coefficient (Wildman–Crippen LogP) is 2.10. The van der Waals surface area contributed by atoms with E-state index in [0.29, 0.717) is 11.9 Å². The standard InChI is InChI=1S/C19H22N8/c1-11(17-13-4-7-21-14(13)5-8-22-17)24-18-23-9-6-19(20,25-18)16-10-15(26-27-16)12-2-3-12/h4-12,21H,2-3,20H2,1H3,(H,26,27)(H2,23,24,25). The minimum absolute atomic E-state index is 0.142. The van der Waals surface area contributed by atoms with Crippen molar-refractivity contribution in [1.29, 1.82) is 0 Å². The van der Waals surface area contributed by atoms with Gasteiger partial charge in [-0.2, -0.15) is 5.10 Å². The van der Waals surface area contributed by atoms with Crippen LogP contribution in [0.5, 0.6) is 0 Å². The van der Waals surface area contributed by atoms with Crippen LogP contribution in [0.15, 0.2) is 47.9 Å². The van der Waals surface area contributed by atoms with Crippen LogP contribution in [0, 0.1) is 0 Å². The van der Waals surface area contributed by atoms with Gasteiger partial charge in [0.2, 0.25) is 0 Å². The van der Waals surface area contributed by atoms with Crippen LogP contribution in [-0.4, -0.2) is 26.1 Å². The molecule has 138 valence electrons. The molecule has 6 N–H and O–H groups in total. The van der Waals surface area contributed by atoms with E-state index in [1.165, 1.54) is 12.8 Å². The average molecular weight is 362 g/mol. The molecule has 0 amide bonds. The fourth-order valence-corrected chi connectivity index (χ4v) is 3.49. The molecule has 4 heterocycles. The van der Waals surface area contributed by atoms with Gasteiger partial charge in [-0.1, -0.05) is 0 Å². The van der Waals surface area contributed by atoms with Gasteiger partial charge < -0.3 is 21.4 Å². The summed E-state index contributed by atoms with van der Waals surface area (Å²) in [6.45, 7) is 2.02. The van der Waals surface area contributed by atoms with E-state index in [2.05, 4.69) is 30.8 Å². The number of fused-ring (bicyclic) bond motifs is 1. The Kier molecular flexibility index (Phi) is 3.54. The fourth-order valence-electron chi connectivity index (χ4n) is 3.49. The highest BCUT2D eigenvalue weighted by Crippen LogP contribution is 2.39. The number of rotatable bonds is 4. The van der Waals surface area contributed by atoms with Crippen molar-refractivity contribution in [3.8, 4) is 0 Å².